The number of rotatable bonds is 2. The number of hydrogen-bond donors (Lipinski definition) is 1. The topological polar surface area (TPSA) is 32.3 Å². The van der Waals surface area contributed by atoms with E-state index in [4.69, 9.17) is 0 Å². The van der Waals surface area contributed by atoms with E-state index in [1.165, 1.54) is 5.56 Å². The van der Waals surface area contributed by atoms with Crippen LogP contribution in [0.5, 0.6) is 0 Å². The molecule has 3 nitrogen and oxygen atoms in total. The van der Waals surface area contributed by atoms with Gasteiger partial charge in [-0.2, -0.15) is 0 Å². The van der Waals surface area contributed by atoms with E-state index < -0.39 is 0 Å². The Morgan fingerprint density at radius 3 is 2.36 bits per heavy atom. The van der Waals surface area contributed by atoms with Gasteiger partial charge >= 0.3 is 0 Å². The average Bonchev–Trinajstić information content (AvgIpc) is 2.68. The maximum Gasteiger partial charge on any atom is 0.258 e. The number of carbonyl (C=O) groups is 1. The molecule has 1 unspecified atom stereocenters. The molecule has 1 N–H and O–H groups in total. The summed E-state index contributed by atoms with van der Waals surface area (Å²) in [7, 11) is 0. The Morgan fingerprint density at radius 1 is 0.920 bits per heavy atom. The monoisotopic (exact) mass is 392 g/mol. The van der Waals surface area contributed by atoms with Crippen LogP contribution in [-0.4, -0.2) is 12.5 Å². The third kappa shape index (κ3) is 3.17. The van der Waals surface area contributed by atoms with Gasteiger partial charge < -0.3 is 10.2 Å². The minimum Gasteiger partial charge on any atom is -0.375 e. The van der Waals surface area contributed by atoms with E-state index in [2.05, 4.69) is 33.4 Å². The standard InChI is InChI=1S/C21H17BrN2O/c22-17-12-10-16(11-13-17)21(25)24-14-19(15-6-2-1-3-7-15)23-18-8-4-5-9-20(18)24/h1-13,19,23H,14H2. The molecule has 1 amide bonds. The first-order valence-electron chi connectivity index (χ1n) is 8.20. The summed E-state index contributed by atoms with van der Waals surface area (Å²) >= 11 is 3.42. The minimum absolute atomic E-state index is 0.0161. The van der Waals surface area contributed by atoms with Crippen molar-refractivity contribution in [3.63, 3.8) is 0 Å². The zero-order valence-electron chi connectivity index (χ0n) is 13.5. The van der Waals surface area contributed by atoms with Gasteiger partial charge in [0.25, 0.3) is 5.91 Å². The highest BCUT2D eigenvalue weighted by atomic mass is 79.9. The molecule has 25 heavy (non-hydrogen) atoms. The number of carbonyl (C=O) groups excluding carboxylic acids is 1. The molecule has 0 saturated carbocycles. The second kappa shape index (κ2) is 6.73. The SMILES string of the molecule is O=C(c1ccc(Br)cc1)N1CC(c2ccccc2)Nc2ccccc21. The van der Waals surface area contributed by atoms with Crippen molar-refractivity contribution < 1.29 is 4.79 Å². The summed E-state index contributed by atoms with van der Waals surface area (Å²) in [4.78, 5) is 15.0. The summed E-state index contributed by atoms with van der Waals surface area (Å²) in [5.74, 6) is 0.0161. The van der Waals surface area contributed by atoms with E-state index in [1.54, 1.807) is 0 Å². The van der Waals surface area contributed by atoms with E-state index in [1.807, 2.05) is 71.6 Å². The maximum atomic E-state index is 13.1. The molecule has 124 valence electrons. The number of benzene rings is 3. The fourth-order valence-electron chi connectivity index (χ4n) is 3.16. The van der Waals surface area contributed by atoms with Gasteiger partial charge in [-0.25, -0.2) is 0 Å². The molecule has 0 fully saturated rings. The van der Waals surface area contributed by atoms with Crippen molar-refractivity contribution in [3.05, 3.63) is 94.5 Å². The molecule has 0 aromatic heterocycles. The minimum atomic E-state index is 0.0161. The van der Waals surface area contributed by atoms with Crippen LogP contribution < -0.4 is 10.2 Å². The molecule has 0 saturated heterocycles. The highest BCUT2D eigenvalue weighted by Crippen LogP contribution is 2.36. The number of nitrogens with zero attached hydrogens (tertiary/aromatic N) is 1. The quantitative estimate of drug-likeness (QED) is 0.644. The van der Waals surface area contributed by atoms with E-state index in [9.17, 15) is 4.79 Å². The number of para-hydroxylation sites is 2. The van der Waals surface area contributed by atoms with Crippen molar-refractivity contribution in [1.29, 1.82) is 0 Å². The molecular formula is C21H17BrN2O. The average molecular weight is 393 g/mol. The van der Waals surface area contributed by atoms with Gasteiger partial charge in [0.1, 0.15) is 0 Å². The fourth-order valence-corrected chi connectivity index (χ4v) is 3.42. The van der Waals surface area contributed by atoms with Crippen LogP contribution in [-0.2, 0) is 0 Å². The summed E-state index contributed by atoms with van der Waals surface area (Å²) in [6.07, 6.45) is 0. The van der Waals surface area contributed by atoms with Crippen molar-refractivity contribution >= 4 is 33.2 Å². The van der Waals surface area contributed by atoms with Crippen LogP contribution in [0, 0.1) is 0 Å². The lowest BCUT2D eigenvalue weighted by atomic mass is 10.0. The Labute approximate surface area is 155 Å². The Kier molecular flexibility index (Phi) is 4.28. The molecule has 1 atom stereocenters. The summed E-state index contributed by atoms with van der Waals surface area (Å²) in [5, 5.41) is 3.56. The van der Waals surface area contributed by atoms with Gasteiger partial charge in [0.15, 0.2) is 0 Å². The van der Waals surface area contributed by atoms with Gasteiger partial charge in [-0.1, -0.05) is 58.4 Å². The first kappa shape index (κ1) is 15.9. The van der Waals surface area contributed by atoms with Crippen molar-refractivity contribution in [2.24, 2.45) is 0 Å². The lowest BCUT2D eigenvalue weighted by Gasteiger charge is -2.36. The summed E-state index contributed by atoms with van der Waals surface area (Å²) in [5.41, 5.74) is 3.76. The number of hydrogen-bond acceptors (Lipinski definition) is 2. The smallest absolute Gasteiger partial charge is 0.258 e. The molecule has 1 heterocycles. The third-order valence-electron chi connectivity index (χ3n) is 4.43. The molecule has 0 radical (unpaired) electrons. The van der Waals surface area contributed by atoms with Crippen molar-refractivity contribution in [2.45, 2.75) is 6.04 Å². The zero-order chi connectivity index (χ0) is 17.2. The zero-order valence-corrected chi connectivity index (χ0v) is 15.1. The highest BCUT2D eigenvalue weighted by Gasteiger charge is 2.29. The van der Waals surface area contributed by atoms with Gasteiger partial charge in [0, 0.05) is 10.0 Å². The molecule has 3 aromatic rings. The molecule has 0 bridgehead atoms. The molecule has 0 spiro atoms. The van der Waals surface area contributed by atoms with E-state index in [-0.39, 0.29) is 11.9 Å². The van der Waals surface area contributed by atoms with Crippen LogP contribution in [0.3, 0.4) is 0 Å². The molecule has 0 aliphatic carbocycles. The van der Waals surface area contributed by atoms with Gasteiger partial charge in [-0.3, -0.25) is 4.79 Å². The van der Waals surface area contributed by atoms with Gasteiger partial charge in [-0.05, 0) is 42.0 Å². The predicted molar refractivity (Wildman–Crippen MR) is 105 cm³/mol. The van der Waals surface area contributed by atoms with Crippen LogP contribution >= 0.6 is 15.9 Å². The molecule has 4 heteroatoms. The third-order valence-corrected chi connectivity index (χ3v) is 4.96. The van der Waals surface area contributed by atoms with Crippen LogP contribution in [0.25, 0.3) is 0 Å². The maximum absolute atomic E-state index is 13.1. The van der Waals surface area contributed by atoms with Gasteiger partial charge in [-0.15, -0.1) is 0 Å². The number of nitrogens with one attached hydrogen (secondary N) is 1. The van der Waals surface area contributed by atoms with Crippen molar-refractivity contribution in [1.82, 2.24) is 0 Å². The number of amides is 1. The van der Waals surface area contributed by atoms with Crippen LogP contribution in [0.2, 0.25) is 0 Å². The van der Waals surface area contributed by atoms with Crippen LogP contribution in [0.1, 0.15) is 22.0 Å². The lowest BCUT2D eigenvalue weighted by molar-refractivity contribution is 0.0985. The number of anilines is 2. The second-order valence-electron chi connectivity index (χ2n) is 6.05. The molecule has 1 aliphatic rings. The lowest BCUT2D eigenvalue weighted by Crippen LogP contribution is -2.40. The van der Waals surface area contributed by atoms with Gasteiger partial charge in [0.05, 0.1) is 24.0 Å². The van der Waals surface area contributed by atoms with Crippen molar-refractivity contribution in [3.8, 4) is 0 Å². The fraction of sp³-hybridized carbons (Fsp3) is 0.0952. The number of fused-ring (bicyclic) bond motifs is 1. The second-order valence-corrected chi connectivity index (χ2v) is 6.96. The Bertz CT molecular complexity index is 893. The normalized spacial score (nSPS) is 16.0. The van der Waals surface area contributed by atoms with Gasteiger partial charge in [0.2, 0.25) is 0 Å². The Hall–Kier alpha value is -2.59. The molecular weight excluding hydrogens is 376 g/mol. The summed E-state index contributed by atoms with van der Waals surface area (Å²) in [6.45, 7) is 0.593. The number of halogens is 1. The van der Waals surface area contributed by atoms with Crippen LogP contribution in [0.4, 0.5) is 11.4 Å². The molecule has 4 rings (SSSR count). The first-order valence-corrected chi connectivity index (χ1v) is 8.99. The predicted octanol–water partition coefficient (Wildman–Crippen LogP) is 5.26. The largest absolute Gasteiger partial charge is 0.375 e. The van der Waals surface area contributed by atoms with E-state index >= 15 is 0 Å². The highest BCUT2D eigenvalue weighted by molar-refractivity contribution is 9.10. The summed E-state index contributed by atoms with van der Waals surface area (Å²) < 4.78 is 0.965. The van der Waals surface area contributed by atoms with Crippen molar-refractivity contribution in [2.75, 3.05) is 16.8 Å². The van der Waals surface area contributed by atoms with Crippen LogP contribution in [0.15, 0.2) is 83.3 Å². The summed E-state index contributed by atoms with van der Waals surface area (Å²) in [6, 6.07) is 25.8. The molecule has 3 aromatic carbocycles. The Morgan fingerprint density at radius 2 is 1.60 bits per heavy atom. The molecule has 1 aliphatic heterocycles. The Balaban J connectivity index is 1.72. The van der Waals surface area contributed by atoms with E-state index in [0.717, 1.165) is 15.8 Å². The van der Waals surface area contributed by atoms with E-state index in [0.29, 0.717) is 12.1 Å². The first-order chi connectivity index (χ1) is 12.2.